The van der Waals surface area contributed by atoms with Crippen LogP contribution in [0.15, 0.2) is 29.4 Å². The first-order chi connectivity index (χ1) is 13.3. The molecule has 1 atom stereocenters. The van der Waals surface area contributed by atoms with E-state index in [0.717, 1.165) is 56.5 Å². The number of nitrogens with one attached hydrogen (secondary N) is 1. The number of guanidine groups is 1. The number of halogens is 1. The summed E-state index contributed by atoms with van der Waals surface area (Å²) in [5.41, 5.74) is 0.911. The van der Waals surface area contributed by atoms with Crippen LogP contribution in [0, 0.1) is 0 Å². The van der Waals surface area contributed by atoms with Crippen molar-refractivity contribution in [3.8, 4) is 0 Å². The zero-order valence-electron chi connectivity index (χ0n) is 16.8. The lowest BCUT2D eigenvalue weighted by molar-refractivity contribution is 0.249. The van der Waals surface area contributed by atoms with Gasteiger partial charge in [-0.1, -0.05) is 6.07 Å². The van der Waals surface area contributed by atoms with Gasteiger partial charge < -0.3 is 10.2 Å². The zero-order valence-corrected chi connectivity index (χ0v) is 19.1. The van der Waals surface area contributed by atoms with Crippen LogP contribution >= 0.6 is 24.0 Å². The molecule has 1 unspecified atom stereocenters. The van der Waals surface area contributed by atoms with E-state index in [1.807, 2.05) is 24.4 Å². The molecule has 0 bridgehead atoms. The molecule has 0 radical (unpaired) electrons. The van der Waals surface area contributed by atoms with E-state index in [1.165, 1.54) is 32.4 Å². The fourth-order valence-electron chi connectivity index (χ4n) is 4.25. The summed E-state index contributed by atoms with van der Waals surface area (Å²) in [6, 6.07) is 6.71. The Bertz CT molecular complexity index is 769. The van der Waals surface area contributed by atoms with Crippen LogP contribution in [0.3, 0.4) is 0 Å². The number of rotatable bonds is 6. The Hall–Kier alpha value is -1.42. The molecule has 0 spiro atoms. The molecule has 4 heterocycles. The molecule has 2 fully saturated rings. The van der Waals surface area contributed by atoms with Gasteiger partial charge in [-0.3, -0.25) is 14.3 Å². The summed E-state index contributed by atoms with van der Waals surface area (Å²) < 4.78 is 2.07. The second-order valence-corrected chi connectivity index (χ2v) is 7.52. The summed E-state index contributed by atoms with van der Waals surface area (Å²) in [5, 5.41) is 12.0. The monoisotopic (exact) mass is 497 g/mol. The highest BCUT2D eigenvalue weighted by molar-refractivity contribution is 14.0. The van der Waals surface area contributed by atoms with Crippen LogP contribution in [0.4, 0.5) is 0 Å². The molecule has 2 aromatic heterocycles. The van der Waals surface area contributed by atoms with Crippen molar-refractivity contribution in [1.29, 1.82) is 0 Å². The van der Waals surface area contributed by atoms with Gasteiger partial charge in [0.05, 0.1) is 0 Å². The lowest BCUT2D eigenvalue weighted by Gasteiger charge is -2.25. The SMILES string of the molecule is CCNC(=NCCCc1nnc2ccccn12)N1CCC(N2CCCC2)C1.I. The van der Waals surface area contributed by atoms with Crippen molar-refractivity contribution in [3.05, 3.63) is 30.2 Å². The number of aromatic nitrogens is 3. The van der Waals surface area contributed by atoms with Crippen molar-refractivity contribution in [2.45, 2.75) is 45.1 Å². The van der Waals surface area contributed by atoms with Gasteiger partial charge in [-0.2, -0.15) is 0 Å². The Morgan fingerprint density at radius 1 is 1.21 bits per heavy atom. The maximum absolute atomic E-state index is 4.89. The quantitative estimate of drug-likeness (QED) is 0.288. The van der Waals surface area contributed by atoms with Gasteiger partial charge in [0.25, 0.3) is 0 Å². The first kappa shape index (κ1) is 21.3. The van der Waals surface area contributed by atoms with Crippen LogP contribution in [0.1, 0.15) is 38.4 Å². The number of pyridine rings is 1. The van der Waals surface area contributed by atoms with E-state index in [-0.39, 0.29) is 24.0 Å². The Morgan fingerprint density at radius 3 is 2.89 bits per heavy atom. The Labute approximate surface area is 184 Å². The van der Waals surface area contributed by atoms with Crippen LogP contribution in [0.5, 0.6) is 0 Å². The van der Waals surface area contributed by atoms with Crippen molar-refractivity contribution in [3.63, 3.8) is 0 Å². The fourth-order valence-corrected chi connectivity index (χ4v) is 4.25. The number of fused-ring (bicyclic) bond motifs is 1. The molecular weight excluding hydrogens is 465 g/mol. The van der Waals surface area contributed by atoms with E-state index in [2.05, 4.69) is 36.6 Å². The maximum Gasteiger partial charge on any atom is 0.193 e. The van der Waals surface area contributed by atoms with Gasteiger partial charge in [0.1, 0.15) is 5.82 Å². The topological polar surface area (TPSA) is 61.1 Å². The van der Waals surface area contributed by atoms with Gasteiger partial charge in [-0.15, -0.1) is 34.2 Å². The predicted octanol–water partition coefficient (Wildman–Crippen LogP) is 2.42. The molecule has 0 aromatic carbocycles. The van der Waals surface area contributed by atoms with E-state index >= 15 is 0 Å². The Kier molecular flexibility index (Phi) is 7.90. The predicted molar refractivity (Wildman–Crippen MR) is 123 cm³/mol. The van der Waals surface area contributed by atoms with Crippen LogP contribution in [-0.4, -0.2) is 75.7 Å². The van der Waals surface area contributed by atoms with E-state index in [9.17, 15) is 0 Å². The van der Waals surface area contributed by atoms with Gasteiger partial charge in [0.15, 0.2) is 11.6 Å². The van der Waals surface area contributed by atoms with Gasteiger partial charge in [-0.25, -0.2) is 0 Å². The minimum atomic E-state index is 0. The normalized spacial score (nSPS) is 20.7. The molecule has 4 rings (SSSR count). The summed E-state index contributed by atoms with van der Waals surface area (Å²) in [7, 11) is 0. The summed E-state index contributed by atoms with van der Waals surface area (Å²) >= 11 is 0. The molecule has 1 N–H and O–H groups in total. The summed E-state index contributed by atoms with van der Waals surface area (Å²) in [6.07, 6.45) is 7.89. The third-order valence-electron chi connectivity index (χ3n) is 5.66. The third kappa shape index (κ3) is 4.94. The molecule has 8 heteroatoms. The smallest absolute Gasteiger partial charge is 0.193 e. The minimum Gasteiger partial charge on any atom is -0.357 e. The third-order valence-corrected chi connectivity index (χ3v) is 5.66. The van der Waals surface area contributed by atoms with E-state index < -0.39 is 0 Å². The summed E-state index contributed by atoms with van der Waals surface area (Å²) in [6.45, 7) is 8.65. The average Bonchev–Trinajstić information content (AvgIpc) is 3.45. The molecule has 2 aliphatic rings. The molecule has 0 aliphatic carbocycles. The van der Waals surface area contributed by atoms with Crippen molar-refractivity contribution in [2.75, 3.05) is 39.3 Å². The molecule has 2 saturated heterocycles. The van der Waals surface area contributed by atoms with Crippen LogP contribution in [-0.2, 0) is 6.42 Å². The lowest BCUT2D eigenvalue weighted by Crippen LogP contribution is -2.42. The second kappa shape index (κ2) is 10.4. The molecule has 0 amide bonds. The second-order valence-electron chi connectivity index (χ2n) is 7.52. The first-order valence-corrected chi connectivity index (χ1v) is 10.4. The van der Waals surface area contributed by atoms with Gasteiger partial charge in [-0.05, 0) is 57.8 Å². The number of aryl methyl sites for hydroxylation is 1. The van der Waals surface area contributed by atoms with Crippen molar-refractivity contribution in [1.82, 2.24) is 29.7 Å². The molecule has 0 saturated carbocycles. The zero-order chi connectivity index (χ0) is 18.5. The molecule has 28 heavy (non-hydrogen) atoms. The highest BCUT2D eigenvalue weighted by Crippen LogP contribution is 2.20. The Morgan fingerprint density at radius 2 is 2.07 bits per heavy atom. The fraction of sp³-hybridized carbons (Fsp3) is 0.650. The summed E-state index contributed by atoms with van der Waals surface area (Å²) in [4.78, 5) is 10.0. The molecule has 2 aliphatic heterocycles. The van der Waals surface area contributed by atoms with E-state index in [1.54, 1.807) is 0 Å². The van der Waals surface area contributed by atoms with Crippen LogP contribution in [0.25, 0.3) is 5.65 Å². The lowest BCUT2D eigenvalue weighted by atomic mass is 10.2. The van der Waals surface area contributed by atoms with E-state index in [0.29, 0.717) is 6.04 Å². The van der Waals surface area contributed by atoms with Gasteiger partial charge in [0, 0.05) is 44.8 Å². The van der Waals surface area contributed by atoms with Crippen LogP contribution in [0.2, 0.25) is 0 Å². The minimum absolute atomic E-state index is 0. The molecule has 7 nitrogen and oxygen atoms in total. The van der Waals surface area contributed by atoms with Gasteiger partial charge in [0.2, 0.25) is 0 Å². The number of likely N-dealkylation sites (tertiary alicyclic amines) is 2. The van der Waals surface area contributed by atoms with Gasteiger partial charge >= 0.3 is 0 Å². The number of hydrogen-bond donors (Lipinski definition) is 1. The van der Waals surface area contributed by atoms with Crippen molar-refractivity contribution >= 4 is 35.6 Å². The Balaban J connectivity index is 0.00000225. The highest BCUT2D eigenvalue weighted by Gasteiger charge is 2.30. The molecule has 2 aromatic rings. The summed E-state index contributed by atoms with van der Waals surface area (Å²) in [5.74, 6) is 2.09. The average molecular weight is 497 g/mol. The highest BCUT2D eigenvalue weighted by atomic mass is 127. The molecule has 154 valence electrons. The standard InChI is InChI=1S/C20H31N7.HI/c1-2-21-20(26-15-10-17(16-26)25-12-5-6-13-25)22-11-7-9-19-24-23-18-8-3-4-14-27(18)19;/h3-4,8,14,17H,2,5-7,9-13,15-16H2,1H3,(H,21,22);1H. The maximum atomic E-state index is 4.89. The van der Waals surface area contributed by atoms with Crippen LogP contribution < -0.4 is 5.32 Å². The van der Waals surface area contributed by atoms with Crippen molar-refractivity contribution in [2.24, 2.45) is 4.99 Å². The number of aliphatic imine (C=N–C) groups is 1. The van der Waals surface area contributed by atoms with Crippen molar-refractivity contribution < 1.29 is 0 Å². The van der Waals surface area contributed by atoms with E-state index in [4.69, 9.17) is 4.99 Å². The number of nitrogens with zero attached hydrogens (tertiary/aromatic N) is 6. The number of hydrogen-bond acceptors (Lipinski definition) is 4. The largest absolute Gasteiger partial charge is 0.357 e. The molecular formula is C20H32IN7. The first-order valence-electron chi connectivity index (χ1n) is 10.4.